The van der Waals surface area contributed by atoms with Crippen molar-refractivity contribution in [1.29, 1.82) is 0 Å². The number of halogens is 1. The van der Waals surface area contributed by atoms with Gasteiger partial charge < -0.3 is 10.6 Å². The fraction of sp³-hybridized carbons (Fsp3) is 0.955. The molecule has 2 saturated carbocycles. The smallest absolute Gasteiger partial charge is 0.237 e. The van der Waals surface area contributed by atoms with Crippen LogP contribution in [0.1, 0.15) is 58.3 Å². The molecule has 7 nitrogen and oxygen atoms in total. The van der Waals surface area contributed by atoms with E-state index in [1.165, 1.54) is 10.6 Å². The van der Waals surface area contributed by atoms with Crippen molar-refractivity contribution in [3.05, 3.63) is 0 Å². The molecule has 0 bridgehead atoms. The lowest BCUT2D eigenvalue weighted by atomic mass is 9.77. The lowest BCUT2D eigenvalue weighted by molar-refractivity contribution is -0.124. The van der Waals surface area contributed by atoms with Crippen LogP contribution in [0.3, 0.4) is 0 Å². The third-order valence-electron chi connectivity index (χ3n) is 8.40. The van der Waals surface area contributed by atoms with Gasteiger partial charge in [-0.3, -0.25) is 9.69 Å². The molecule has 8 atom stereocenters. The van der Waals surface area contributed by atoms with Gasteiger partial charge >= 0.3 is 0 Å². The fourth-order valence-electron chi connectivity index (χ4n) is 6.40. The van der Waals surface area contributed by atoms with Gasteiger partial charge in [-0.25, -0.2) is 17.1 Å². The number of amides is 1. The number of fused-ring (bicyclic) bond motifs is 1. The maximum atomic E-state index is 14.4. The van der Waals surface area contributed by atoms with Gasteiger partial charge in [-0.15, -0.1) is 0 Å². The number of hydrogen-bond acceptors (Lipinski definition) is 5. The first-order valence-electron chi connectivity index (χ1n) is 12.0. The Balaban J connectivity index is 1.29. The first-order chi connectivity index (χ1) is 14.6. The van der Waals surface area contributed by atoms with E-state index < -0.39 is 16.2 Å². The first kappa shape index (κ1) is 23.4. The largest absolute Gasteiger partial charge is 0.352 e. The highest BCUT2D eigenvalue weighted by Gasteiger charge is 2.46. The molecule has 31 heavy (non-hydrogen) atoms. The quantitative estimate of drug-likeness (QED) is 0.653. The van der Waals surface area contributed by atoms with Gasteiger partial charge in [0.15, 0.2) is 0 Å². The summed E-state index contributed by atoms with van der Waals surface area (Å²) in [5, 5.41) is 6.69. The van der Waals surface area contributed by atoms with E-state index in [4.69, 9.17) is 0 Å². The lowest BCUT2D eigenvalue weighted by Gasteiger charge is -2.36. The summed E-state index contributed by atoms with van der Waals surface area (Å²) in [7, 11) is -1.51. The summed E-state index contributed by atoms with van der Waals surface area (Å²) in [5.41, 5.74) is 0. The van der Waals surface area contributed by atoms with Crippen molar-refractivity contribution in [3.63, 3.8) is 0 Å². The van der Waals surface area contributed by atoms with Gasteiger partial charge in [0.25, 0.3) is 0 Å². The highest BCUT2D eigenvalue weighted by molar-refractivity contribution is 7.88. The summed E-state index contributed by atoms with van der Waals surface area (Å²) in [6.45, 7) is 3.82. The van der Waals surface area contributed by atoms with Gasteiger partial charge in [-0.2, -0.15) is 0 Å². The predicted molar refractivity (Wildman–Crippen MR) is 119 cm³/mol. The Morgan fingerprint density at radius 2 is 1.94 bits per heavy atom. The van der Waals surface area contributed by atoms with Crippen molar-refractivity contribution in [2.45, 2.75) is 94.7 Å². The molecule has 4 fully saturated rings. The molecule has 2 N–H and O–H groups in total. The topological polar surface area (TPSA) is 81.8 Å². The van der Waals surface area contributed by atoms with Crippen molar-refractivity contribution in [2.75, 3.05) is 26.4 Å². The number of hydrogen-bond donors (Lipinski definition) is 2. The third kappa shape index (κ3) is 5.09. The van der Waals surface area contributed by atoms with Crippen molar-refractivity contribution < 1.29 is 17.6 Å². The molecule has 9 heteroatoms. The maximum Gasteiger partial charge on any atom is 0.237 e. The van der Waals surface area contributed by atoms with E-state index in [9.17, 15) is 17.6 Å². The number of nitrogens with zero attached hydrogens (tertiary/aromatic N) is 2. The molecule has 0 aromatic heterocycles. The Labute approximate surface area is 186 Å². The second kappa shape index (κ2) is 9.23. The average molecular weight is 459 g/mol. The summed E-state index contributed by atoms with van der Waals surface area (Å²) in [6, 6.07) is 0.389. The summed E-state index contributed by atoms with van der Waals surface area (Å²) in [4.78, 5) is 15.4. The van der Waals surface area contributed by atoms with Crippen LogP contribution in [0, 0.1) is 11.8 Å². The van der Waals surface area contributed by atoms with Crippen LogP contribution < -0.4 is 10.6 Å². The summed E-state index contributed by atoms with van der Waals surface area (Å²) >= 11 is 0. The molecule has 0 aromatic carbocycles. The molecule has 4 aliphatic rings. The van der Waals surface area contributed by atoms with E-state index >= 15 is 0 Å². The molecule has 2 saturated heterocycles. The number of alkyl halides is 1. The molecular formula is C22H39FN4O3S. The molecule has 2 aliphatic carbocycles. The Morgan fingerprint density at radius 1 is 1.16 bits per heavy atom. The van der Waals surface area contributed by atoms with Crippen LogP contribution in [-0.2, 0) is 14.8 Å². The van der Waals surface area contributed by atoms with Crippen LogP contribution >= 0.6 is 0 Å². The minimum absolute atomic E-state index is 0.0237. The van der Waals surface area contributed by atoms with E-state index in [0.717, 1.165) is 51.6 Å². The Hall–Kier alpha value is -0.770. The monoisotopic (exact) mass is 458 g/mol. The zero-order valence-corrected chi connectivity index (χ0v) is 19.9. The zero-order chi connectivity index (χ0) is 22.3. The molecule has 2 aliphatic heterocycles. The fourth-order valence-corrected chi connectivity index (χ4v) is 7.11. The third-order valence-corrected chi connectivity index (χ3v) is 9.74. The SMILES string of the molecule is CC1CCC(F)C2CC(C(=O)N[C@@H]3CCC[C@H](N4CC[C@@H](N(C)S(C)(=O)=O)C4)C3)NC12. The van der Waals surface area contributed by atoms with E-state index in [0.29, 0.717) is 24.8 Å². The minimum atomic E-state index is -3.18. The number of nitrogens with one attached hydrogen (secondary N) is 2. The second-order valence-electron chi connectivity index (χ2n) is 10.5. The van der Waals surface area contributed by atoms with E-state index in [-0.39, 0.29) is 36.0 Å². The highest BCUT2D eigenvalue weighted by atomic mass is 32.2. The van der Waals surface area contributed by atoms with E-state index in [1.54, 1.807) is 7.05 Å². The standard InChI is InChI=1S/C22H39FN4O3S/c1-14-7-8-19(23)18-12-20(25-21(14)18)22(28)24-15-5-4-6-16(11-15)27-10-9-17(13-27)26(2)31(3,29)30/h14-21,25H,4-13H2,1-3H3,(H,24,28)/t14?,15-,16+,17-,18?,19?,20?,21?/m1/s1. The molecule has 4 rings (SSSR count). The van der Waals surface area contributed by atoms with E-state index in [2.05, 4.69) is 22.5 Å². The Kier molecular flexibility index (Phi) is 6.97. The number of carbonyl (C=O) groups excluding carboxylic acids is 1. The predicted octanol–water partition coefficient (Wildman–Crippen LogP) is 1.49. The first-order valence-corrected chi connectivity index (χ1v) is 13.9. The van der Waals surface area contributed by atoms with Crippen molar-refractivity contribution in [3.8, 4) is 0 Å². The second-order valence-corrected chi connectivity index (χ2v) is 12.5. The van der Waals surface area contributed by atoms with Crippen LogP contribution in [0.25, 0.3) is 0 Å². The lowest BCUT2D eigenvalue weighted by Crippen LogP contribution is -2.51. The molecule has 0 spiro atoms. The molecule has 0 aromatic rings. The zero-order valence-electron chi connectivity index (χ0n) is 19.1. The summed E-state index contributed by atoms with van der Waals surface area (Å²) in [5.74, 6) is 0.407. The highest BCUT2D eigenvalue weighted by Crippen LogP contribution is 2.38. The molecule has 178 valence electrons. The van der Waals surface area contributed by atoms with Crippen molar-refractivity contribution >= 4 is 15.9 Å². The van der Waals surface area contributed by atoms with Gasteiger partial charge in [0.05, 0.1) is 12.3 Å². The molecule has 0 radical (unpaired) electrons. The van der Waals surface area contributed by atoms with E-state index in [1.807, 2.05) is 0 Å². The van der Waals surface area contributed by atoms with Gasteiger partial charge in [-0.05, 0) is 57.3 Å². The summed E-state index contributed by atoms with van der Waals surface area (Å²) < 4.78 is 39.6. The molecule has 5 unspecified atom stereocenters. The van der Waals surface area contributed by atoms with Crippen molar-refractivity contribution in [1.82, 2.24) is 19.8 Å². The number of sulfonamides is 1. The van der Waals surface area contributed by atoms with Gasteiger partial charge in [0.2, 0.25) is 15.9 Å². The number of rotatable bonds is 5. The molecule has 2 heterocycles. The number of likely N-dealkylation sites (N-methyl/N-ethyl adjacent to an activating group) is 1. The van der Waals surface area contributed by atoms with Crippen LogP contribution in [-0.4, -0.2) is 86.3 Å². The Bertz CT molecular complexity index is 748. The number of carbonyl (C=O) groups is 1. The van der Waals surface area contributed by atoms with Crippen LogP contribution in [0.15, 0.2) is 0 Å². The minimum Gasteiger partial charge on any atom is -0.352 e. The number of likely N-dealkylation sites (tertiary alicyclic amines) is 1. The normalized spacial score (nSPS) is 42.0. The van der Waals surface area contributed by atoms with Crippen LogP contribution in [0.5, 0.6) is 0 Å². The van der Waals surface area contributed by atoms with Crippen molar-refractivity contribution in [2.24, 2.45) is 11.8 Å². The summed E-state index contributed by atoms with van der Waals surface area (Å²) in [6.07, 6.45) is 7.47. The van der Waals surface area contributed by atoms with Crippen LogP contribution in [0.4, 0.5) is 4.39 Å². The molecular weight excluding hydrogens is 419 g/mol. The van der Waals surface area contributed by atoms with Gasteiger partial charge in [0, 0.05) is 50.2 Å². The van der Waals surface area contributed by atoms with Crippen LogP contribution in [0.2, 0.25) is 0 Å². The molecule has 1 amide bonds. The Morgan fingerprint density at radius 3 is 2.65 bits per heavy atom. The average Bonchev–Trinajstić information content (AvgIpc) is 3.38. The maximum absolute atomic E-state index is 14.4. The van der Waals surface area contributed by atoms with Gasteiger partial charge in [0.1, 0.15) is 6.17 Å². The van der Waals surface area contributed by atoms with Gasteiger partial charge in [-0.1, -0.05) is 6.92 Å².